The molecule has 2 N–H and O–H groups in total. The van der Waals surface area contributed by atoms with Crippen molar-refractivity contribution >= 4 is 5.91 Å². The van der Waals surface area contributed by atoms with E-state index in [9.17, 15) is 13.6 Å². The minimum atomic E-state index is -0.846. The summed E-state index contributed by atoms with van der Waals surface area (Å²) in [6.07, 6.45) is 3.29. The molecule has 0 aromatic heterocycles. The Morgan fingerprint density at radius 1 is 1.29 bits per heavy atom. The van der Waals surface area contributed by atoms with Crippen LogP contribution in [0.1, 0.15) is 37.2 Å². The van der Waals surface area contributed by atoms with Gasteiger partial charge >= 0.3 is 0 Å². The van der Waals surface area contributed by atoms with Crippen molar-refractivity contribution < 1.29 is 18.3 Å². The highest BCUT2D eigenvalue weighted by Gasteiger charge is 2.47. The van der Waals surface area contributed by atoms with Crippen molar-refractivity contribution in [2.75, 3.05) is 26.2 Å². The maximum Gasteiger partial charge on any atom is 0.226 e. The fourth-order valence-electron chi connectivity index (χ4n) is 3.43. The van der Waals surface area contributed by atoms with Crippen LogP contribution in [0.4, 0.5) is 8.78 Å². The predicted molar refractivity (Wildman–Crippen MR) is 86.4 cm³/mol. The molecular formula is C18H24F2N2O2. The van der Waals surface area contributed by atoms with Crippen LogP contribution in [-0.4, -0.2) is 43.2 Å². The molecule has 1 aliphatic heterocycles. The lowest BCUT2D eigenvalue weighted by Gasteiger charge is -2.32. The second kappa shape index (κ2) is 7.57. The van der Waals surface area contributed by atoms with E-state index >= 15 is 0 Å². The van der Waals surface area contributed by atoms with Gasteiger partial charge in [0.15, 0.2) is 11.6 Å². The van der Waals surface area contributed by atoms with Crippen molar-refractivity contribution in [1.82, 2.24) is 4.90 Å². The normalized spacial score (nSPS) is 24.2. The highest BCUT2D eigenvalue weighted by molar-refractivity contribution is 5.83. The summed E-state index contributed by atoms with van der Waals surface area (Å²) < 4.78 is 32.9. The maximum atomic E-state index is 13.8. The van der Waals surface area contributed by atoms with Crippen LogP contribution in [0.2, 0.25) is 0 Å². The number of piperidine rings is 1. The van der Waals surface area contributed by atoms with E-state index in [0.29, 0.717) is 38.2 Å². The van der Waals surface area contributed by atoms with E-state index in [1.807, 2.05) is 4.90 Å². The summed E-state index contributed by atoms with van der Waals surface area (Å²) in [5, 5.41) is 0. The first-order valence-corrected chi connectivity index (χ1v) is 8.66. The standard InChI is InChI=1S/C18H24F2N2O2/c19-16-4-1-3-13(17(16)20)14-11-15(14)18(23)22-8-5-12(6-9-22)24-10-2-7-21/h1,3-4,12,14-15H,2,5-11,21H2. The van der Waals surface area contributed by atoms with Crippen LogP contribution in [0.25, 0.3) is 0 Å². The average molecular weight is 338 g/mol. The molecule has 1 aromatic rings. The number of benzene rings is 1. The molecule has 1 amide bonds. The Morgan fingerprint density at radius 3 is 2.75 bits per heavy atom. The van der Waals surface area contributed by atoms with Crippen LogP contribution < -0.4 is 5.73 Å². The first-order chi connectivity index (χ1) is 11.6. The Hall–Kier alpha value is -1.53. The van der Waals surface area contributed by atoms with Crippen molar-refractivity contribution in [3.63, 3.8) is 0 Å². The smallest absolute Gasteiger partial charge is 0.226 e. The van der Waals surface area contributed by atoms with Crippen LogP contribution in [0, 0.1) is 17.6 Å². The zero-order valence-corrected chi connectivity index (χ0v) is 13.7. The summed E-state index contributed by atoms with van der Waals surface area (Å²) in [6, 6.07) is 4.18. The first-order valence-electron chi connectivity index (χ1n) is 8.66. The fourth-order valence-corrected chi connectivity index (χ4v) is 3.43. The molecule has 24 heavy (non-hydrogen) atoms. The van der Waals surface area contributed by atoms with E-state index < -0.39 is 11.6 Å². The first kappa shape index (κ1) is 17.3. The molecule has 132 valence electrons. The van der Waals surface area contributed by atoms with E-state index in [1.165, 1.54) is 6.07 Å². The van der Waals surface area contributed by atoms with Crippen LogP contribution in [0.15, 0.2) is 18.2 Å². The summed E-state index contributed by atoms with van der Waals surface area (Å²) in [4.78, 5) is 14.4. The fraction of sp³-hybridized carbons (Fsp3) is 0.611. The van der Waals surface area contributed by atoms with Crippen LogP contribution in [0.5, 0.6) is 0 Å². The summed E-state index contributed by atoms with van der Waals surface area (Å²) >= 11 is 0. The monoisotopic (exact) mass is 338 g/mol. The topological polar surface area (TPSA) is 55.6 Å². The van der Waals surface area contributed by atoms with Gasteiger partial charge in [-0.3, -0.25) is 4.79 Å². The number of halogens is 2. The zero-order chi connectivity index (χ0) is 17.1. The Kier molecular flexibility index (Phi) is 5.46. The van der Waals surface area contributed by atoms with Crippen LogP contribution >= 0.6 is 0 Å². The number of nitrogens with two attached hydrogens (primary N) is 1. The van der Waals surface area contributed by atoms with Crippen molar-refractivity contribution in [3.8, 4) is 0 Å². The number of ether oxygens (including phenoxy) is 1. The molecule has 2 unspecified atom stereocenters. The minimum absolute atomic E-state index is 0.0593. The van der Waals surface area contributed by atoms with Gasteiger partial charge in [0, 0.05) is 25.6 Å². The van der Waals surface area contributed by atoms with Gasteiger partial charge in [-0.2, -0.15) is 0 Å². The Morgan fingerprint density at radius 2 is 2.04 bits per heavy atom. The van der Waals surface area contributed by atoms with E-state index in [1.54, 1.807) is 6.07 Å². The molecule has 2 atom stereocenters. The number of rotatable bonds is 6. The quantitative estimate of drug-likeness (QED) is 0.811. The van der Waals surface area contributed by atoms with Gasteiger partial charge in [0.25, 0.3) is 0 Å². The minimum Gasteiger partial charge on any atom is -0.378 e. The number of hydrogen-bond donors (Lipinski definition) is 1. The number of hydrogen-bond acceptors (Lipinski definition) is 3. The lowest BCUT2D eigenvalue weighted by atomic mass is 10.1. The van der Waals surface area contributed by atoms with Crippen LogP contribution in [-0.2, 0) is 9.53 Å². The highest BCUT2D eigenvalue weighted by Crippen LogP contribution is 2.49. The molecule has 2 aliphatic rings. The third-order valence-electron chi connectivity index (χ3n) is 4.94. The largest absolute Gasteiger partial charge is 0.378 e. The predicted octanol–water partition coefficient (Wildman–Crippen LogP) is 2.42. The van der Waals surface area contributed by atoms with Gasteiger partial charge < -0.3 is 15.4 Å². The molecule has 0 radical (unpaired) electrons. The van der Waals surface area contributed by atoms with Gasteiger partial charge in [-0.15, -0.1) is 0 Å². The summed E-state index contributed by atoms with van der Waals surface area (Å²) in [7, 11) is 0. The molecule has 3 rings (SSSR count). The van der Waals surface area contributed by atoms with Crippen molar-refractivity contribution in [3.05, 3.63) is 35.4 Å². The third kappa shape index (κ3) is 3.75. The number of carbonyl (C=O) groups is 1. The Balaban J connectivity index is 1.50. The molecule has 6 heteroatoms. The molecule has 4 nitrogen and oxygen atoms in total. The van der Waals surface area contributed by atoms with Crippen molar-refractivity contribution in [1.29, 1.82) is 0 Å². The average Bonchev–Trinajstić information content (AvgIpc) is 3.38. The Bertz CT molecular complexity index is 588. The molecular weight excluding hydrogens is 314 g/mol. The molecule has 2 fully saturated rings. The summed E-state index contributed by atoms with van der Waals surface area (Å²) in [5.41, 5.74) is 5.77. The van der Waals surface area contributed by atoms with Gasteiger partial charge in [-0.05, 0) is 49.8 Å². The SMILES string of the molecule is NCCCOC1CCN(C(=O)C2CC2c2cccc(F)c2F)CC1. The van der Waals surface area contributed by atoms with Crippen molar-refractivity contribution in [2.24, 2.45) is 11.7 Å². The number of carbonyl (C=O) groups excluding carboxylic acids is 1. The molecule has 1 aromatic carbocycles. The van der Waals surface area contributed by atoms with Gasteiger partial charge in [0.05, 0.1) is 6.10 Å². The van der Waals surface area contributed by atoms with E-state index in [0.717, 1.165) is 25.3 Å². The van der Waals surface area contributed by atoms with Gasteiger partial charge in [0.1, 0.15) is 0 Å². The van der Waals surface area contributed by atoms with E-state index in [2.05, 4.69) is 0 Å². The van der Waals surface area contributed by atoms with Gasteiger partial charge in [-0.1, -0.05) is 12.1 Å². The number of likely N-dealkylation sites (tertiary alicyclic amines) is 1. The third-order valence-corrected chi connectivity index (χ3v) is 4.94. The molecule has 1 saturated carbocycles. The molecule has 0 spiro atoms. The lowest BCUT2D eigenvalue weighted by molar-refractivity contribution is -0.135. The van der Waals surface area contributed by atoms with Gasteiger partial charge in [-0.25, -0.2) is 8.78 Å². The highest BCUT2D eigenvalue weighted by atomic mass is 19.2. The second-order valence-electron chi connectivity index (χ2n) is 6.63. The second-order valence-corrected chi connectivity index (χ2v) is 6.63. The zero-order valence-electron chi connectivity index (χ0n) is 13.7. The molecule has 1 heterocycles. The summed E-state index contributed by atoms with van der Waals surface area (Å²) in [6.45, 7) is 2.62. The van der Waals surface area contributed by atoms with E-state index in [4.69, 9.17) is 10.5 Å². The van der Waals surface area contributed by atoms with Crippen LogP contribution in [0.3, 0.4) is 0 Å². The lowest BCUT2D eigenvalue weighted by Crippen LogP contribution is -2.42. The Labute approximate surface area is 141 Å². The molecule has 0 bridgehead atoms. The summed E-state index contributed by atoms with van der Waals surface area (Å²) in [5.74, 6) is -2.00. The van der Waals surface area contributed by atoms with E-state index in [-0.39, 0.29) is 23.8 Å². The van der Waals surface area contributed by atoms with Gasteiger partial charge in [0.2, 0.25) is 5.91 Å². The molecule has 1 saturated heterocycles. The number of amides is 1. The maximum absolute atomic E-state index is 13.8. The molecule has 1 aliphatic carbocycles. The van der Waals surface area contributed by atoms with Crippen molar-refractivity contribution in [2.45, 2.75) is 37.7 Å². The number of nitrogens with zero attached hydrogens (tertiary/aromatic N) is 1.